The molecule has 7 heavy (non-hydrogen) atoms. The van der Waals surface area contributed by atoms with Crippen LogP contribution in [0.1, 0.15) is 0 Å². The minimum Gasteiger partial charge on any atom is -0.369 e. The first-order chi connectivity index (χ1) is 3.43. The van der Waals surface area contributed by atoms with Gasteiger partial charge in [-0.2, -0.15) is 4.84 Å². The van der Waals surface area contributed by atoms with E-state index in [1.165, 1.54) is 0 Å². The lowest BCUT2D eigenvalue weighted by atomic mass is 10.5. The van der Waals surface area contributed by atoms with Crippen molar-refractivity contribution in [2.45, 2.75) is 6.10 Å². The molecule has 0 aromatic heterocycles. The van der Waals surface area contributed by atoms with Crippen LogP contribution in [0.5, 0.6) is 0 Å². The van der Waals surface area contributed by atoms with Gasteiger partial charge in [-0.15, -0.1) is 0 Å². The van der Waals surface area contributed by atoms with Crippen molar-refractivity contribution in [2.24, 2.45) is 0 Å². The molecule has 0 radical (unpaired) electrons. The van der Waals surface area contributed by atoms with E-state index in [0.717, 1.165) is 6.61 Å². The summed E-state index contributed by atoms with van der Waals surface area (Å²) in [6, 6.07) is 0. The summed E-state index contributed by atoms with van der Waals surface area (Å²) in [5.41, 5.74) is 0. The van der Waals surface area contributed by atoms with Crippen molar-refractivity contribution < 1.29 is 9.57 Å². The Hall–Kier alpha value is -0.750. The molecule has 3 heteroatoms. The van der Waals surface area contributed by atoms with Crippen LogP contribution in [0.3, 0.4) is 0 Å². The quantitative estimate of drug-likeness (QED) is 0.368. The van der Waals surface area contributed by atoms with Gasteiger partial charge in [0.05, 0.1) is 6.61 Å². The van der Waals surface area contributed by atoms with Crippen molar-refractivity contribution in [3.8, 4) is 6.57 Å². The van der Waals surface area contributed by atoms with Gasteiger partial charge < -0.3 is 4.74 Å². The Morgan fingerprint density at radius 2 is 2.71 bits per heavy atom. The van der Waals surface area contributed by atoms with Crippen LogP contribution in [-0.4, -0.2) is 19.3 Å². The van der Waals surface area contributed by atoms with Crippen molar-refractivity contribution in [3.05, 3.63) is 5.01 Å². The molecule has 0 aromatic carbocycles. The second-order valence-electron chi connectivity index (χ2n) is 1.36. The van der Waals surface area contributed by atoms with Crippen LogP contribution in [0.15, 0.2) is 0 Å². The Morgan fingerprint density at radius 3 is 3.14 bits per heavy atom. The van der Waals surface area contributed by atoms with Gasteiger partial charge in [-0.05, 0) is 0 Å². The second kappa shape index (κ2) is 1.80. The first kappa shape index (κ1) is 4.41. The van der Waals surface area contributed by atoms with E-state index in [-0.39, 0.29) is 6.10 Å². The summed E-state index contributed by atoms with van der Waals surface area (Å²) < 4.78 is 4.77. The molecule has 0 bridgehead atoms. The average molecular weight is 100 g/mol. The summed E-state index contributed by atoms with van der Waals surface area (Å²) in [7, 11) is 0. The fourth-order valence-electron chi connectivity index (χ4n) is 0.290. The molecule has 0 N–H and O–H groups in total. The first-order valence-electron chi connectivity index (χ1n) is 2.07. The van der Waals surface area contributed by atoms with Crippen LogP contribution in [-0.2, 0) is 9.57 Å². The molecule has 0 saturated carbocycles. The third-order valence-electron chi connectivity index (χ3n) is 0.737. The van der Waals surface area contributed by atoms with Gasteiger partial charge in [0.2, 0.25) is 11.6 Å². The molecule has 1 fully saturated rings. The van der Waals surface area contributed by atoms with Gasteiger partial charge in [0.15, 0.2) is 0 Å². The molecule has 1 aliphatic heterocycles. The van der Waals surface area contributed by atoms with Crippen LogP contribution >= 0.6 is 0 Å². The third kappa shape index (κ3) is 1.42. The zero-order valence-electron chi connectivity index (χ0n) is 3.83. The summed E-state index contributed by atoms with van der Waals surface area (Å²) in [4.78, 5) is 4.44. The van der Waals surface area contributed by atoms with E-state index < -0.39 is 0 Å². The van der Waals surface area contributed by atoms with Gasteiger partial charge >= 0.3 is 6.57 Å². The summed E-state index contributed by atoms with van der Waals surface area (Å²) in [5, 5.41) is 2.94. The highest BCUT2D eigenvalue weighted by molar-refractivity contribution is 4.67. The summed E-state index contributed by atoms with van der Waals surface area (Å²) >= 11 is 0. The lowest BCUT2D eigenvalue weighted by Gasteiger charge is -1.73. The van der Waals surface area contributed by atoms with Crippen molar-refractivity contribution >= 4 is 0 Å². The van der Waals surface area contributed by atoms with Gasteiger partial charge in [-0.3, -0.25) is 0 Å². The van der Waals surface area contributed by atoms with Crippen LogP contribution in [0.4, 0.5) is 0 Å². The Labute approximate surface area is 41.6 Å². The zero-order valence-corrected chi connectivity index (χ0v) is 3.83. The van der Waals surface area contributed by atoms with Crippen molar-refractivity contribution in [3.63, 3.8) is 0 Å². The molecule has 3 nitrogen and oxygen atoms in total. The molecule has 0 unspecified atom stereocenters. The van der Waals surface area contributed by atoms with Gasteiger partial charge in [0.25, 0.3) is 0 Å². The highest BCUT2D eigenvalue weighted by Crippen LogP contribution is 2.07. The van der Waals surface area contributed by atoms with Crippen LogP contribution in [0.2, 0.25) is 0 Å². The normalized spacial score (nSPS) is 25.9. The molecular weight excluding hydrogens is 94.0 g/mol. The van der Waals surface area contributed by atoms with E-state index in [1.807, 2.05) is 0 Å². The smallest absolute Gasteiger partial charge is 0.335 e. The standard InChI is InChI=1S/C4H6NO2/c1-5-7-3-4-2-6-4/h1,4H,2-3H2/q+1/t4-/m1/s1. The average Bonchev–Trinajstić information content (AvgIpc) is 2.42. The van der Waals surface area contributed by atoms with Crippen molar-refractivity contribution in [1.82, 2.24) is 0 Å². The number of nitrogens with zero attached hydrogens (tertiary/aromatic N) is 1. The maximum atomic E-state index is 4.77. The van der Waals surface area contributed by atoms with Crippen LogP contribution in [0.25, 0.3) is 5.01 Å². The van der Waals surface area contributed by atoms with E-state index >= 15 is 0 Å². The minimum atomic E-state index is 0.257. The molecule has 0 aliphatic carbocycles. The monoisotopic (exact) mass is 100 g/mol. The third-order valence-corrected chi connectivity index (χ3v) is 0.737. The van der Waals surface area contributed by atoms with Crippen LogP contribution < -0.4 is 0 Å². The molecule has 38 valence electrons. The highest BCUT2D eigenvalue weighted by Gasteiger charge is 2.25. The molecule has 1 rings (SSSR count). The van der Waals surface area contributed by atoms with E-state index in [9.17, 15) is 0 Å². The molecule has 0 amide bonds. The Kier molecular flexibility index (Phi) is 1.14. The molecule has 1 heterocycles. The van der Waals surface area contributed by atoms with Gasteiger partial charge in [-0.1, -0.05) is 0 Å². The Bertz CT molecular complexity index is 92.4. The number of ether oxygens (including phenoxy) is 1. The predicted molar refractivity (Wildman–Crippen MR) is 24.0 cm³/mol. The first-order valence-corrected chi connectivity index (χ1v) is 2.07. The lowest BCUT2D eigenvalue weighted by molar-refractivity contribution is 0.208. The number of rotatable bonds is 2. The molecule has 1 saturated heterocycles. The topological polar surface area (TPSA) is 26.1 Å². The summed E-state index contributed by atoms with van der Waals surface area (Å²) in [6.45, 7) is 5.94. The van der Waals surface area contributed by atoms with Crippen LogP contribution in [0, 0.1) is 6.57 Å². The van der Waals surface area contributed by atoms with Crippen molar-refractivity contribution in [2.75, 3.05) is 13.2 Å². The van der Waals surface area contributed by atoms with E-state index in [0.29, 0.717) is 6.61 Å². The number of hydrogen-bond donors (Lipinski definition) is 0. The second-order valence-corrected chi connectivity index (χ2v) is 1.36. The zero-order chi connectivity index (χ0) is 5.11. The molecule has 1 aliphatic rings. The van der Waals surface area contributed by atoms with Gasteiger partial charge in [0, 0.05) is 0 Å². The SMILES string of the molecule is C#[N+]OC[C@H]1CO1. The highest BCUT2D eigenvalue weighted by atomic mass is 16.7. The van der Waals surface area contributed by atoms with Gasteiger partial charge in [0.1, 0.15) is 6.10 Å². The Balaban J connectivity index is 1.91. The van der Waals surface area contributed by atoms with Gasteiger partial charge in [-0.25, -0.2) is 0 Å². The molecule has 0 spiro atoms. The van der Waals surface area contributed by atoms with Crippen molar-refractivity contribution in [1.29, 1.82) is 0 Å². The lowest BCUT2D eigenvalue weighted by Crippen LogP contribution is -1.93. The summed E-state index contributed by atoms with van der Waals surface area (Å²) in [6.07, 6.45) is 0.257. The number of hydrogen-bond acceptors (Lipinski definition) is 2. The maximum absolute atomic E-state index is 4.77. The molecule has 0 aromatic rings. The maximum Gasteiger partial charge on any atom is 0.335 e. The largest absolute Gasteiger partial charge is 0.369 e. The molecule has 1 atom stereocenters. The Morgan fingerprint density at radius 1 is 2.00 bits per heavy atom. The fourth-order valence-corrected chi connectivity index (χ4v) is 0.290. The predicted octanol–water partition coefficient (Wildman–Crippen LogP) is 0.279. The summed E-state index contributed by atoms with van der Waals surface area (Å²) in [5.74, 6) is 0. The van der Waals surface area contributed by atoms with E-state index in [2.05, 4.69) is 16.4 Å². The molecular formula is C4H6NO2+. The fraction of sp³-hybridized carbons (Fsp3) is 0.750. The number of epoxide rings is 1. The minimum absolute atomic E-state index is 0.257. The van der Waals surface area contributed by atoms with E-state index in [4.69, 9.17) is 4.74 Å². The van der Waals surface area contributed by atoms with E-state index in [1.54, 1.807) is 0 Å².